The van der Waals surface area contributed by atoms with Crippen LogP contribution >= 0.6 is 0 Å². The van der Waals surface area contributed by atoms with Crippen molar-refractivity contribution in [3.63, 3.8) is 0 Å². The van der Waals surface area contributed by atoms with Crippen molar-refractivity contribution in [3.8, 4) is 0 Å². The fourth-order valence-corrected chi connectivity index (χ4v) is 1.46. The molecule has 0 unspecified atom stereocenters. The lowest BCUT2D eigenvalue weighted by molar-refractivity contribution is -0.682. The van der Waals surface area contributed by atoms with Crippen LogP contribution in [0.4, 0.5) is 0 Å². The predicted molar refractivity (Wildman–Crippen MR) is 63.0 cm³/mol. The quantitative estimate of drug-likeness (QED) is 0.472. The molecule has 0 aliphatic carbocycles. The second kappa shape index (κ2) is 10.1. The summed E-state index contributed by atoms with van der Waals surface area (Å²) >= 11 is 0. The lowest BCUT2D eigenvalue weighted by Crippen LogP contribution is -2.93. The van der Waals surface area contributed by atoms with Crippen LogP contribution in [0.2, 0.25) is 0 Å². The number of carbonyl (C=O) groups is 2. The first-order chi connectivity index (χ1) is 8.11. The van der Waals surface area contributed by atoms with E-state index in [1.54, 1.807) is 5.32 Å². The van der Waals surface area contributed by atoms with Gasteiger partial charge < -0.3 is 20.5 Å². The van der Waals surface area contributed by atoms with E-state index >= 15 is 0 Å². The molecule has 0 aliphatic heterocycles. The third kappa shape index (κ3) is 8.68. The molecule has 0 saturated carbocycles. The SMILES string of the molecule is CCCCNC(=O)C[C@H]([NH2+]CCCC)C(=O)[O-]. The van der Waals surface area contributed by atoms with Gasteiger partial charge in [0, 0.05) is 6.54 Å². The van der Waals surface area contributed by atoms with Crippen molar-refractivity contribution < 1.29 is 20.0 Å². The number of carbonyl (C=O) groups excluding carboxylic acids is 2. The topological polar surface area (TPSA) is 85.8 Å². The molecule has 5 heteroatoms. The van der Waals surface area contributed by atoms with Crippen LogP contribution in [0.25, 0.3) is 0 Å². The number of amides is 1. The third-order valence-electron chi connectivity index (χ3n) is 2.57. The molecule has 0 aromatic heterocycles. The first-order valence-corrected chi connectivity index (χ1v) is 6.42. The molecule has 0 fully saturated rings. The zero-order valence-corrected chi connectivity index (χ0v) is 10.8. The van der Waals surface area contributed by atoms with Gasteiger partial charge in [-0.25, -0.2) is 0 Å². The van der Waals surface area contributed by atoms with Gasteiger partial charge in [-0.15, -0.1) is 0 Å². The summed E-state index contributed by atoms with van der Waals surface area (Å²) in [7, 11) is 0. The van der Waals surface area contributed by atoms with E-state index in [4.69, 9.17) is 0 Å². The van der Waals surface area contributed by atoms with E-state index in [-0.39, 0.29) is 12.3 Å². The fraction of sp³-hybridized carbons (Fsp3) is 0.833. The summed E-state index contributed by atoms with van der Waals surface area (Å²) in [6.45, 7) is 5.41. The van der Waals surface area contributed by atoms with Crippen molar-refractivity contribution >= 4 is 11.9 Å². The number of aliphatic carboxylic acids is 1. The molecular formula is C12H24N2O3. The second-order valence-electron chi connectivity index (χ2n) is 4.21. The number of hydrogen-bond acceptors (Lipinski definition) is 3. The minimum Gasteiger partial charge on any atom is -0.544 e. The number of quaternary nitrogens is 1. The summed E-state index contributed by atoms with van der Waals surface area (Å²) in [5.41, 5.74) is 0. The van der Waals surface area contributed by atoms with Gasteiger partial charge in [0.05, 0.1) is 18.9 Å². The predicted octanol–water partition coefficient (Wildman–Crippen LogP) is -1.23. The van der Waals surface area contributed by atoms with Crippen molar-refractivity contribution in [3.05, 3.63) is 0 Å². The highest BCUT2D eigenvalue weighted by Gasteiger charge is 2.17. The molecule has 5 nitrogen and oxygen atoms in total. The van der Waals surface area contributed by atoms with Gasteiger partial charge in [0.2, 0.25) is 5.91 Å². The summed E-state index contributed by atoms with van der Waals surface area (Å²) in [6, 6.07) is -0.761. The average molecular weight is 244 g/mol. The van der Waals surface area contributed by atoms with E-state index in [1.807, 2.05) is 13.8 Å². The molecule has 0 aliphatic rings. The van der Waals surface area contributed by atoms with Crippen molar-refractivity contribution in [2.24, 2.45) is 0 Å². The Morgan fingerprint density at radius 3 is 2.41 bits per heavy atom. The number of unbranched alkanes of at least 4 members (excludes halogenated alkanes) is 2. The molecule has 0 saturated heterocycles. The molecule has 3 N–H and O–H groups in total. The van der Waals surface area contributed by atoms with E-state index < -0.39 is 12.0 Å². The van der Waals surface area contributed by atoms with Gasteiger partial charge in [-0.3, -0.25) is 4.79 Å². The van der Waals surface area contributed by atoms with E-state index in [9.17, 15) is 14.7 Å². The van der Waals surface area contributed by atoms with Crippen LogP contribution in [0.5, 0.6) is 0 Å². The van der Waals surface area contributed by atoms with Gasteiger partial charge >= 0.3 is 0 Å². The first kappa shape index (κ1) is 15.9. The normalized spacial score (nSPS) is 12.1. The van der Waals surface area contributed by atoms with Gasteiger partial charge in [-0.05, 0) is 12.8 Å². The van der Waals surface area contributed by atoms with Crippen LogP contribution < -0.4 is 15.7 Å². The lowest BCUT2D eigenvalue weighted by Gasteiger charge is -2.16. The van der Waals surface area contributed by atoms with Crippen molar-refractivity contribution in [1.29, 1.82) is 0 Å². The zero-order chi connectivity index (χ0) is 13.1. The number of nitrogens with one attached hydrogen (secondary N) is 1. The number of hydrogen-bond donors (Lipinski definition) is 2. The van der Waals surface area contributed by atoms with E-state index in [0.29, 0.717) is 6.54 Å². The largest absolute Gasteiger partial charge is 0.544 e. The molecule has 0 spiro atoms. The zero-order valence-electron chi connectivity index (χ0n) is 10.8. The van der Waals surface area contributed by atoms with Gasteiger partial charge in [-0.1, -0.05) is 26.7 Å². The first-order valence-electron chi connectivity index (χ1n) is 6.42. The fourth-order valence-electron chi connectivity index (χ4n) is 1.46. The molecule has 0 radical (unpaired) electrons. The third-order valence-corrected chi connectivity index (χ3v) is 2.57. The van der Waals surface area contributed by atoms with Crippen LogP contribution in [-0.4, -0.2) is 31.0 Å². The highest BCUT2D eigenvalue weighted by Crippen LogP contribution is 1.88. The molecule has 17 heavy (non-hydrogen) atoms. The maximum absolute atomic E-state index is 11.4. The smallest absolute Gasteiger partial charge is 0.226 e. The highest BCUT2D eigenvalue weighted by molar-refractivity contribution is 5.82. The Labute approximate surface area is 103 Å². The minimum absolute atomic E-state index is 0.00420. The van der Waals surface area contributed by atoms with Crippen molar-refractivity contribution in [1.82, 2.24) is 5.32 Å². The summed E-state index contributed by atoms with van der Waals surface area (Å²) in [6.07, 6.45) is 3.88. The maximum atomic E-state index is 11.4. The van der Waals surface area contributed by atoms with Crippen LogP contribution in [0, 0.1) is 0 Å². The van der Waals surface area contributed by atoms with E-state index in [2.05, 4.69) is 5.32 Å². The van der Waals surface area contributed by atoms with Crippen LogP contribution in [0.15, 0.2) is 0 Å². The molecule has 100 valence electrons. The van der Waals surface area contributed by atoms with Crippen LogP contribution in [0.3, 0.4) is 0 Å². The minimum atomic E-state index is -1.16. The van der Waals surface area contributed by atoms with Gasteiger partial charge in [-0.2, -0.15) is 0 Å². The van der Waals surface area contributed by atoms with Gasteiger partial charge in [0.25, 0.3) is 0 Å². The summed E-state index contributed by atoms with van der Waals surface area (Å²) in [5.74, 6) is -1.37. The molecule has 0 rings (SSSR count). The second-order valence-corrected chi connectivity index (χ2v) is 4.21. The Hall–Kier alpha value is -1.10. The Morgan fingerprint density at radius 2 is 1.88 bits per heavy atom. The van der Waals surface area contributed by atoms with Crippen LogP contribution in [0.1, 0.15) is 46.0 Å². The number of nitrogens with two attached hydrogens (primary N) is 1. The Kier molecular flexibility index (Phi) is 9.43. The lowest BCUT2D eigenvalue weighted by atomic mass is 10.2. The molecule has 0 heterocycles. The monoisotopic (exact) mass is 244 g/mol. The molecule has 1 atom stereocenters. The number of carboxylic acid groups (broad SMARTS) is 1. The van der Waals surface area contributed by atoms with E-state index in [0.717, 1.165) is 32.2 Å². The standard InChI is InChI=1S/C12H24N2O3/c1-3-5-7-13-10(12(16)17)9-11(15)14-8-6-4-2/h10,13H,3-9H2,1-2H3,(H,14,15)(H,16,17)/t10-/m0/s1. The maximum Gasteiger partial charge on any atom is 0.226 e. The van der Waals surface area contributed by atoms with Gasteiger partial charge in [0.15, 0.2) is 0 Å². The van der Waals surface area contributed by atoms with Crippen molar-refractivity contribution in [2.75, 3.05) is 13.1 Å². The number of carboxylic acids is 1. The number of rotatable bonds is 10. The van der Waals surface area contributed by atoms with Crippen molar-refractivity contribution in [2.45, 2.75) is 52.0 Å². The average Bonchev–Trinajstić information content (AvgIpc) is 2.28. The van der Waals surface area contributed by atoms with Gasteiger partial charge in [0.1, 0.15) is 6.04 Å². The highest BCUT2D eigenvalue weighted by atomic mass is 16.4. The summed E-state index contributed by atoms with van der Waals surface area (Å²) < 4.78 is 0. The Balaban J connectivity index is 3.89. The Morgan fingerprint density at radius 1 is 1.24 bits per heavy atom. The van der Waals surface area contributed by atoms with E-state index in [1.165, 1.54) is 0 Å². The summed E-state index contributed by atoms with van der Waals surface area (Å²) in [5, 5.41) is 15.2. The molecule has 0 aromatic rings. The molecule has 0 aromatic carbocycles. The molecular weight excluding hydrogens is 220 g/mol. The van der Waals surface area contributed by atoms with Crippen LogP contribution in [-0.2, 0) is 9.59 Å². The Bertz CT molecular complexity index is 232. The molecule has 0 bridgehead atoms. The summed E-state index contributed by atoms with van der Waals surface area (Å²) in [4.78, 5) is 22.3. The molecule has 1 amide bonds.